The maximum atomic E-state index is 10.7. The van der Waals surface area contributed by atoms with Crippen molar-refractivity contribution in [2.45, 2.75) is 0 Å². The molecule has 0 saturated carbocycles. The molecule has 1 aliphatic heterocycles. The zero-order chi connectivity index (χ0) is 11.5. The van der Waals surface area contributed by atoms with Gasteiger partial charge in [-0.2, -0.15) is 0 Å². The summed E-state index contributed by atoms with van der Waals surface area (Å²) in [6.07, 6.45) is 0.624. The van der Waals surface area contributed by atoms with E-state index in [0.29, 0.717) is 25.2 Å². The molecule has 0 radical (unpaired) electrons. The number of ether oxygens (including phenoxy) is 1. The van der Waals surface area contributed by atoms with Crippen LogP contribution in [0, 0.1) is 0 Å². The van der Waals surface area contributed by atoms with Crippen LogP contribution in [0.25, 0.3) is 0 Å². The zero-order valence-corrected chi connectivity index (χ0v) is 8.85. The number of carbonyl (C=O) groups is 1. The van der Waals surface area contributed by atoms with Gasteiger partial charge in [0.1, 0.15) is 5.75 Å². The molecule has 1 aliphatic rings. The lowest BCUT2D eigenvalue weighted by Gasteiger charge is -2.30. The molecule has 16 heavy (non-hydrogen) atoms. The number of anilines is 2. The highest BCUT2D eigenvalue weighted by Gasteiger charge is 2.15. The Kier molecular flexibility index (Phi) is 2.96. The van der Waals surface area contributed by atoms with Crippen LogP contribution in [-0.4, -0.2) is 37.7 Å². The zero-order valence-electron chi connectivity index (χ0n) is 8.85. The Morgan fingerprint density at radius 3 is 2.69 bits per heavy atom. The van der Waals surface area contributed by atoms with Crippen molar-refractivity contribution in [3.63, 3.8) is 0 Å². The number of rotatable bonds is 2. The molecule has 1 fully saturated rings. The second-order valence-corrected chi connectivity index (χ2v) is 3.69. The van der Waals surface area contributed by atoms with E-state index >= 15 is 0 Å². The van der Waals surface area contributed by atoms with E-state index in [4.69, 9.17) is 10.5 Å². The molecule has 0 spiro atoms. The van der Waals surface area contributed by atoms with E-state index in [1.54, 1.807) is 6.07 Å². The van der Waals surface area contributed by atoms with Crippen LogP contribution in [0.2, 0.25) is 0 Å². The minimum absolute atomic E-state index is 0.0792. The van der Waals surface area contributed by atoms with Crippen LogP contribution >= 0.6 is 0 Å². The second-order valence-electron chi connectivity index (χ2n) is 3.69. The molecule has 1 saturated heterocycles. The number of hydrogen-bond donors (Lipinski definition) is 2. The van der Waals surface area contributed by atoms with E-state index in [-0.39, 0.29) is 11.3 Å². The highest BCUT2D eigenvalue weighted by molar-refractivity contribution is 5.85. The van der Waals surface area contributed by atoms with Crippen molar-refractivity contribution in [2.24, 2.45) is 0 Å². The standard InChI is InChI=1S/C11H14N2O3/c12-9-6-11(15)8(7-14)5-10(9)13-1-3-16-4-2-13/h5-7,15H,1-4,12H2. The maximum absolute atomic E-state index is 10.7. The van der Waals surface area contributed by atoms with Crippen LogP contribution < -0.4 is 10.6 Å². The minimum atomic E-state index is -0.0792. The Morgan fingerprint density at radius 2 is 2.06 bits per heavy atom. The molecule has 0 aromatic heterocycles. The van der Waals surface area contributed by atoms with Crippen LogP contribution in [0.1, 0.15) is 10.4 Å². The summed E-state index contributed by atoms with van der Waals surface area (Å²) in [5.74, 6) is -0.0792. The van der Waals surface area contributed by atoms with Gasteiger partial charge in [0.25, 0.3) is 0 Å². The molecule has 3 N–H and O–H groups in total. The second kappa shape index (κ2) is 4.40. The summed E-state index contributed by atoms with van der Waals surface area (Å²) in [4.78, 5) is 12.8. The number of phenolic OH excluding ortho intramolecular Hbond substituents is 1. The van der Waals surface area contributed by atoms with Crippen LogP contribution in [0.3, 0.4) is 0 Å². The first-order valence-electron chi connectivity index (χ1n) is 5.12. The fourth-order valence-electron chi connectivity index (χ4n) is 1.78. The average Bonchev–Trinajstić information content (AvgIpc) is 2.30. The molecule has 0 bridgehead atoms. The van der Waals surface area contributed by atoms with Gasteiger partial charge in [0, 0.05) is 19.2 Å². The van der Waals surface area contributed by atoms with E-state index < -0.39 is 0 Å². The first-order chi connectivity index (χ1) is 7.72. The van der Waals surface area contributed by atoms with E-state index in [9.17, 15) is 9.90 Å². The normalized spacial score (nSPS) is 16.1. The number of hydrogen-bond acceptors (Lipinski definition) is 5. The van der Waals surface area contributed by atoms with Gasteiger partial charge in [-0.05, 0) is 6.07 Å². The molecule has 0 atom stereocenters. The van der Waals surface area contributed by atoms with E-state index in [1.807, 2.05) is 4.90 Å². The number of aldehydes is 1. The summed E-state index contributed by atoms with van der Waals surface area (Å²) < 4.78 is 5.24. The number of phenols is 1. The largest absolute Gasteiger partial charge is 0.507 e. The monoisotopic (exact) mass is 222 g/mol. The Bertz CT molecular complexity index is 400. The molecule has 1 aromatic carbocycles. The molecule has 1 heterocycles. The number of nitrogen functional groups attached to an aromatic ring is 1. The van der Waals surface area contributed by atoms with Gasteiger partial charge in [0.05, 0.1) is 30.2 Å². The summed E-state index contributed by atoms with van der Waals surface area (Å²) >= 11 is 0. The molecular weight excluding hydrogens is 208 g/mol. The molecule has 0 unspecified atom stereocenters. The van der Waals surface area contributed by atoms with E-state index in [1.165, 1.54) is 6.07 Å². The third kappa shape index (κ3) is 1.94. The molecular formula is C11H14N2O3. The summed E-state index contributed by atoms with van der Waals surface area (Å²) in [5, 5.41) is 9.46. The molecule has 0 amide bonds. The number of carbonyl (C=O) groups excluding carboxylic acids is 1. The number of nitrogens with two attached hydrogens (primary N) is 1. The predicted molar refractivity (Wildman–Crippen MR) is 60.9 cm³/mol. The van der Waals surface area contributed by atoms with Crippen LogP contribution in [0.4, 0.5) is 11.4 Å². The van der Waals surface area contributed by atoms with Gasteiger partial charge in [0.2, 0.25) is 0 Å². The Hall–Kier alpha value is -1.75. The smallest absolute Gasteiger partial charge is 0.153 e. The molecule has 2 rings (SSSR count). The van der Waals surface area contributed by atoms with Gasteiger partial charge in [-0.3, -0.25) is 4.79 Å². The molecule has 5 heteroatoms. The van der Waals surface area contributed by atoms with E-state index in [0.717, 1.165) is 18.8 Å². The maximum Gasteiger partial charge on any atom is 0.153 e. The highest BCUT2D eigenvalue weighted by Crippen LogP contribution is 2.30. The van der Waals surface area contributed by atoms with E-state index in [2.05, 4.69) is 0 Å². The average molecular weight is 222 g/mol. The Morgan fingerprint density at radius 1 is 1.38 bits per heavy atom. The van der Waals surface area contributed by atoms with Crippen molar-refractivity contribution in [1.29, 1.82) is 0 Å². The van der Waals surface area contributed by atoms with Gasteiger partial charge in [-0.25, -0.2) is 0 Å². The van der Waals surface area contributed by atoms with Gasteiger partial charge < -0.3 is 20.5 Å². The van der Waals surface area contributed by atoms with Crippen molar-refractivity contribution < 1.29 is 14.6 Å². The SMILES string of the molecule is Nc1cc(O)c(C=O)cc1N1CCOCC1. The molecule has 5 nitrogen and oxygen atoms in total. The lowest BCUT2D eigenvalue weighted by Crippen LogP contribution is -2.36. The van der Waals surface area contributed by atoms with Crippen LogP contribution in [-0.2, 0) is 4.74 Å². The summed E-state index contributed by atoms with van der Waals surface area (Å²) in [6.45, 7) is 2.79. The Labute approximate surface area is 93.4 Å². The lowest BCUT2D eigenvalue weighted by molar-refractivity contribution is 0.112. The highest BCUT2D eigenvalue weighted by atomic mass is 16.5. The minimum Gasteiger partial charge on any atom is -0.507 e. The summed E-state index contributed by atoms with van der Waals surface area (Å²) in [5.41, 5.74) is 7.33. The number of benzene rings is 1. The van der Waals surface area contributed by atoms with Crippen molar-refractivity contribution in [1.82, 2.24) is 0 Å². The van der Waals surface area contributed by atoms with Crippen molar-refractivity contribution in [3.8, 4) is 5.75 Å². The van der Waals surface area contributed by atoms with Gasteiger partial charge >= 0.3 is 0 Å². The lowest BCUT2D eigenvalue weighted by atomic mass is 10.1. The first-order valence-corrected chi connectivity index (χ1v) is 5.12. The fraction of sp³-hybridized carbons (Fsp3) is 0.364. The topological polar surface area (TPSA) is 75.8 Å². The molecule has 0 aliphatic carbocycles. The van der Waals surface area contributed by atoms with Gasteiger partial charge in [0.15, 0.2) is 6.29 Å². The number of aromatic hydroxyl groups is 1. The fourth-order valence-corrected chi connectivity index (χ4v) is 1.78. The van der Waals surface area contributed by atoms with Crippen LogP contribution in [0.15, 0.2) is 12.1 Å². The third-order valence-electron chi connectivity index (χ3n) is 2.65. The quantitative estimate of drug-likeness (QED) is 0.567. The van der Waals surface area contributed by atoms with Crippen molar-refractivity contribution >= 4 is 17.7 Å². The van der Waals surface area contributed by atoms with Crippen molar-refractivity contribution in [3.05, 3.63) is 17.7 Å². The summed E-state index contributed by atoms with van der Waals surface area (Å²) in [7, 11) is 0. The number of morpholine rings is 1. The summed E-state index contributed by atoms with van der Waals surface area (Å²) in [6, 6.07) is 3.03. The van der Waals surface area contributed by atoms with Crippen LogP contribution in [0.5, 0.6) is 5.75 Å². The first kappa shape index (κ1) is 10.8. The molecule has 86 valence electrons. The van der Waals surface area contributed by atoms with Gasteiger partial charge in [-0.15, -0.1) is 0 Å². The number of nitrogens with zero attached hydrogens (tertiary/aromatic N) is 1. The Balaban J connectivity index is 2.35. The molecule has 1 aromatic rings. The van der Waals surface area contributed by atoms with Gasteiger partial charge in [-0.1, -0.05) is 0 Å². The third-order valence-corrected chi connectivity index (χ3v) is 2.65. The predicted octanol–water partition coefficient (Wildman–Crippen LogP) is 0.624. The van der Waals surface area contributed by atoms with Crippen molar-refractivity contribution in [2.75, 3.05) is 36.9 Å².